The first-order valence-corrected chi connectivity index (χ1v) is 7.69. The third kappa shape index (κ3) is 2.74. The molecule has 2 aliphatic rings. The minimum atomic E-state index is 0.316. The van der Waals surface area contributed by atoms with Gasteiger partial charge in [0.15, 0.2) is 0 Å². The van der Waals surface area contributed by atoms with Gasteiger partial charge < -0.3 is 4.74 Å². The average Bonchev–Trinajstić information content (AvgIpc) is 2.81. The molecule has 1 aromatic carbocycles. The van der Waals surface area contributed by atoms with Gasteiger partial charge in [0.05, 0.1) is 17.7 Å². The minimum absolute atomic E-state index is 0.316. The number of morpholine rings is 1. The summed E-state index contributed by atoms with van der Waals surface area (Å²) >= 11 is 9.54. The second-order valence-corrected chi connectivity index (χ2v) is 6.46. The highest BCUT2D eigenvalue weighted by Gasteiger charge is 2.32. The summed E-state index contributed by atoms with van der Waals surface area (Å²) in [5, 5.41) is 0.780. The van der Waals surface area contributed by atoms with E-state index >= 15 is 0 Å². The van der Waals surface area contributed by atoms with Gasteiger partial charge in [0.2, 0.25) is 0 Å². The maximum absolute atomic E-state index is 6.12. The molecule has 2 fully saturated rings. The summed E-state index contributed by atoms with van der Waals surface area (Å²) in [5.74, 6) is 0. The fourth-order valence-electron chi connectivity index (χ4n) is 2.94. The van der Waals surface area contributed by atoms with E-state index in [1.54, 1.807) is 0 Å². The summed E-state index contributed by atoms with van der Waals surface area (Å²) in [6, 6.07) is 6.84. The van der Waals surface area contributed by atoms with Gasteiger partial charge in [-0.2, -0.15) is 0 Å². The first-order chi connectivity index (χ1) is 8.72. The van der Waals surface area contributed by atoms with Crippen LogP contribution < -0.4 is 0 Å². The zero-order valence-electron chi connectivity index (χ0n) is 10.2. The first-order valence-electron chi connectivity index (χ1n) is 6.52. The zero-order valence-corrected chi connectivity index (χ0v) is 12.6. The Hall–Kier alpha value is -0.0900. The smallest absolute Gasteiger partial charge is 0.0743 e. The maximum Gasteiger partial charge on any atom is 0.0743 e. The molecule has 2 atom stereocenters. The normalized spacial score (nSPS) is 28.3. The van der Waals surface area contributed by atoms with Crippen LogP contribution in [0.2, 0.25) is 5.02 Å². The van der Waals surface area contributed by atoms with E-state index in [-0.39, 0.29) is 0 Å². The third-order valence-electron chi connectivity index (χ3n) is 3.91. The van der Waals surface area contributed by atoms with Crippen LogP contribution in [0.4, 0.5) is 0 Å². The van der Waals surface area contributed by atoms with Gasteiger partial charge in [0, 0.05) is 17.1 Å². The van der Waals surface area contributed by atoms with E-state index in [1.807, 2.05) is 12.1 Å². The molecule has 1 unspecified atom stereocenters. The summed E-state index contributed by atoms with van der Waals surface area (Å²) in [7, 11) is 0. The Balaban J connectivity index is 1.64. The Kier molecular flexibility index (Phi) is 3.94. The molecule has 2 saturated heterocycles. The number of benzene rings is 1. The Morgan fingerprint density at radius 1 is 1.44 bits per heavy atom. The van der Waals surface area contributed by atoms with Crippen LogP contribution in [0.3, 0.4) is 0 Å². The molecule has 0 radical (unpaired) electrons. The molecular weight excluding hydrogens is 314 g/mol. The summed E-state index contributed by atoms with van der Waals surface area (Å²) in [6.07, 6.45) is 3.90. The molecule has 4 heteroatoms. The van der Waals surface area contributed by atoms with Crippen molar-refractivity contribution in [2.75, 3.05) is 19.7 Å². The lowest BCUT2D eigenvalue weighted by molar-refractivity contribution is -0.0475. The molecule has 2 aliphatic heterocycles. The number of halogens is 2. The van der Waals surface area contributed by atoms with Crippen LogP contribution in [-0.4, -0.2) is 36.7 Å². The molecule has 0 N–H and O–H groups in total. The van der Waals surface area contributed by atoms with E-state index in [1.165, 1.54) is 24.9 Å². The summed E-state index contributed by atoms with van der Waals surface area (Å²) in [6.45, 7) is 3.21. The molecule has 1 aromatic rings. The fourth-order valence-corrected chi connectivity index (χ4v) is 3.39. The second kappa shape index (κ2) is 5.49. The molecule has 18 heavy (non-hydrogen) atoms. The Labute approximate surface area is 121 Å². The fraction of sp³-hybridized carbons (Fsp3) is 0.571. The van der Waals surface area contributed by atoms with Crippen molar-refractivity contribution in [2.45, 2.75) is 31.4 Å². The molecule has 98 valence electrons. The van der Waals surface area contributed by atoms with E-state index in [4.69, 9.17) is 16.3 Å². The van der Waals surface area contributed by atoms with Gasteiger partial charge >= 0.3 is 0 Å². The van der Waals surface area contributed by atoms with E-state index in [2.05, 4.69) is 26.9 Å². The van der Waals surface area contributed by atoms with Crippen LogP contribution in [0, 0.1) is 0 Å². The molecule has 0 bridgehead atoms. The van der Waals surface area contributed by atoms with Crippen molar-refractivity contribution in [1.82, 2.24) is 4.90 Å². The van der Waals surface area contributed by atoms with Crippen molar-refractivity contribution in [3.8, 4) is 0 Å². The average molecular weight is 331 g/mol. The molecule has 0 aliphatic carbocycles. The van der Waals surface area contributed by atoms with Crippen LogP contribution in [0.15, 0.2) is 22.7 Å². The van der Waals surface area contributed by atoms with Crippen LogP contribution in [0.25, 0.3) is 0 Å². The zero-order chi connectivity index (χ0) is 12.5. The summed E-state index contributed by atoms with van der Waals surface area (Å²) < 4.78 is 6.93. The van der Waals surface area contributed by atoms with Crippen LogP contribution >= 0.6 is 27.5 Å². The Morgan fingerprint density at radius 3 is 3.17 bits per heavy atom. The number of ether oxygens (including phenoxy) is 1. The molecule has 0 saturated carbocycles. The van der Waals surface area contributed by atoms with E-state index in [0.29, 0.717) is 12.1 Å². The molecule has 3 rings (SSSR count). The van der Waals surface area contributed by atoms with Gasteiger partial charge in [-0.1, -0.05) is 17.7 Å². The largest absolute Gasteiger partial charge is 0.375 e. The highest BCUT2D eigenvalue weighted by Crippen LogP contribution is 2.27. The van der Waals surface area contributed by atoms with E-state index < -0.39 is 0 Å². The Bertz CT molecular complexity index is 440. The molecule has 2 heterocycles. The van der Waals surface area contributed by atoms with E-state index in [9.17, 15) is 0 Å². The highest BCUT2D eigenvalue weighted by atomic mass is 79.9. The standard InChI is InChI=1S/C14H17BrClNO/c15-13-4-3-10(7-14(13)16)6-12-8-17-5-1-2-11(17)9-18-12/h3-4,7,11-12H,1-2,5-6,8-9H2/t11-,12?/m0/s1. The highest BCUT2D eigenvalue weighted by molar-refractivity contribution is 9.10. The first kappa shape index (κ1) is 12.9. The molecule has 0 aromatic heterocycles. The molecule has 2 nitrogen and oxygen atoms in total. The SMILES string of the molecule is Clc1cc(CC2CN3CCC[C@H]3CO2)ccc1Br. The lowest BCUT2D eigenvalue weighted by Crippen LogP contribution is -2.46. The second-order valence-electron chi connectivity index (χ2n) is 5.20. The van der Waals surface area contributed by atoms with Crippen molar-refractivity contribution in [1.29, 1.82) is 0 Å². The Morgan fingerprint density at radius 2 is 2.33 bits per heavy atom. The number of fused-ring (bicyclic) bond motifs is 1. The number of hydrogen-bond donors (Lipinski definition) is 0. The summed E-state index contributed by atoms with van der Waals surface area (Å²) in [5.41, 5.74) is 1.26. The predicted octanol–water partition coefficient (Wildman–Crippen LogP) is 3.51. The van der Waals surface area contributed by atoms with Gasteiger partial charge in [-0.25, -0.2) is 0 Å². The maximum atomic E-state index is 6.12. The van der Waals surface area contributed by atoms with Gasteiger partial charge in [0.1, 0.15) is 0 Å². The number of hydrogen-bond acceptors (Lipinski definition) is 2. The predicted molar refractivity (Wildman–Crippen MR) is 77.2 cm³/mol. The number of nitrogens with zero attached hydrogens (tertiary/aromatic N) is 1. The lowest BCUT2D eigenvalue weighted by atomic mass is 10.1. The van der Waals surface area contributed by atoms with Crippen LogP contribution in [0.5, 0.6) is 0 Å². The van der Waals surface area contributed by atoms with Gasteiger partial charge in [-0.3, -0.25) is 4.90 Å². The van der Waals surface area contributed by atoms with Crippen molar-refractivity contribution in [3.63, 3.8) is 0 Å². The van der Waals surface area contributed by atoms with Crippen molar-refractivity contribution in [2.24, 2.45) is 0 Å². The van der Waals surface area contributed by atoms with Gasteiger partial charge in [0.25, 0.3) is 0 Å². The van der Waals surface area contributed by atoms with Crippen molar-refractivity contribution in [3.05, 3.63) is 33.3 Å². The van der Waals surface area contributed by atoms with Crippen LogP contribution in [0.1, 0.15) is 18.4 Å². The van der Waals surface area contributed by atoms with Gasteiger partial charge in [-0.15, -0.1) is 0 Å². The minimum Gasteiger partial charge on any atom is -0.375 e. The molecule has 0 amide bonds. The summed E-state index contributed by atoms with van der Waals surface area (Å²) in [4.78, 5) is 2.58. The molecule has 0 spiro atoms. The van der Waals surface area contributed by atoms with Crippen molar-refractivity contribution >= 4 is 27.5 Å². The quantitative estimate of drug-likeness (QED) is 0.823. The molecular formula is C14H17BrClNO. The van der Waals surface area contributed by atoms with Gasteiger partial charge in [-0.05, 0) is 59.4 Å². The van der Waals surface area contributed by atoms with E-state index in [0.717, 1.165) is 29.1 Å². The number of rotatable bonds is 2. The topological polar surface area (TPSA) is 12.5 Å². The monoisotopic (exact) mass is 329 g/mol. The third-order valence-corrected chi connectivity index (χ3v) is 5.14. The van der Waals surface area contributed by atoms with Crippen molar-refractivity contribution < 1.29 is 4.74 Å². The lowest BCUT2D eigenvalue weighted by Gasteiger charge is -2.35. The van der Waals surface area contributed by atoms with Crippen LogP contribution in [-0.2, 0) is 11.2 Å².